The third-order valence-electron chi connectivity index (χ3n) is 2.96. The lowest BCUT2D eigenvalue weighted by atomic mass is 10.0. The molecule has 0 bridgehead atoms. The number of unbranched alkanes of at least 4 members (excludes halogenated alkanes) is 1. The van der Waals surface area contributed by atoms with Crippen LogP contribution in [0.5, 0.6) is 0 Å². The molecule has 0 aromatic rings. The standard InChI is InChI=1S/C12H22N2/c1-3-4-6-9-14-10-7-5-8-12(14)11-13-2/h1,12-13H,4-11H2,2H3. The van der Waals surface area contributed by atoms with Gasteiger partial charge in [-0.05, 0) is 39.4 Å². The van der Waals surface area contributed by atoms with E-state index >= 15 is 0 Å². The Kier molecular flexibility index (Phi) is 5.66. The molecule has 2 heteroatoms. The van der Waals surface area contributed by atoms with Crippen LogP contribution in [-0.2, 0) is 0 Å². The Morgan fingerprint density at radius 1 is 1.50 bits per heavy atom. The van der Waals surface area contributed by atoms with Crippen LogP contribution < -0.4 is 5.32 Å². The summed E-state index contributed by atoms with van der Waals surface area (Å²) >= 11 is 0. The topological polar surface area (TPSA) is 15.3 Å². The maximum Gasteiger partial charge on any atom is 0.0220 e. The van der Waals surface area contributed by atoms with Crippen molar-refractivity contribution in [1.82, 2.24) is 10.2 Å². The first-order chi connectivity index (χ1) is 6.88. The van der Waals surface area contributed by atoms with Crippen LogP contribution in [0.15, 0.2) is 0 Å². The lowest BCUT2D eigenvalue weighted by Crippen LogP contribution is -2.45. The number of terminal acetylenes is 1. The van der Waals surface area contributed by atoms with Crippen molar-refractivity contribution >= 4 is 0 Å². The van der Waals surface area contributed by atoms with Gasteiger partial charge in [-0.25, -0.2) is 0 Å². The number of hydrogen-bond donors (Lipinski definition) is 1. The largest absolute Gasteiger partial charge is 0.318 e. The van der Waals surface area contributed by atoms with E-state index in [-0.39, 0.29) is 0 Å². The van der Waals surface area contributed by atoms with Gasteiger partial charge in [-0.1, -0.05) is 6.42 Å². The van der Waals surface area contributed by atoms with E-state index in [4.69, 9.17) is 6.42 Å². The van der Waals surface area contributed by atoms with Crippen LogP contribution in [0.25, 0.3) is 0 Å². The Bertz CT molecular complexity index is 181. The summed E-state index contributed by atoms with van der Waals surface area (Å²) in [6.45, 7) is 3.56. The number of likely N-dealkylation sites (N-methyl/N-ethyl adjacent to an activating group) is 1. The monoisotopic (exact) mass is 194 g/mol. The van der Waals surface area contributed by atoms with Crippen LogP contribution in [-0.4, -0.2) is 37.6 Å². The van der Waals surface area contributed by atoms with Gasteiger partial charge in [-0.15, -0.1) is 12.3 Å². The van der Waals surface area contributed by atoms with Gasteiger partial charge >= 0.3 is 0 Å². The van der Waals surface area contributed by atoms with Crippen molar-refractivity contribution in [3.8, 4) is 12.3 Å². The van der Waals surface area contributed by atoms with Crippen molar-refractivity contribution in [2.24, 2.45) is 0 Å². The smallest absolute Gasteiger partial charge is 0.0220 e. The molecule has 0 aliphatic carbocycles. The SMILES string of the molecule is C#CCCCN1CCCCC1CNC. The van der Waals surface area contributed by atoms with Gasteiger partial charge in [-0.2, -0.15) is 0 Å². The Labute approximate surface area is 88.1 Å². The Morgan fingerprint density at radius 2 is 2.36 bits per heavy atom. The number of rotatable bonds is 5. The summed E-state index contributed by atoms with van der Waals surface area (Å²) < 4.78 is 0. The quantitative estimate of drug-likeness (QED) is 0.527. The first-order valence-electron chi connectivity index (χ1n) is 5.70. The first-order valence-corrected chi connectivity index (χ1v) is 5.70. The minimum atomic E-state index is 0.742. The molecule has 1 N–H and O–H groups in total. The van der Waals surface area contributed by atoms with Gasteiger partial charge in [0.1, 0.15) is 0 Å². The summed E-state index contributed by atoms with van der Waals surface area (Å²) in [5.41, 5.74) is 0. The van der Waals surface area contributed by atoms with Crippen molar-refractivity contribution < 1.29 is 0 Å². The van der Waals surface area contributed by atoms with E-state index < -0.39 is 0 Å². The van der Waals surface area contributed by atoms with Crippen LogP contribution in [0.3, 0.4) is 0 Å². The normalized spacial score (nSPS) is 23.3. The minimum Gasteiger partial charge on any atom is -0.318 e. The van der Waals surface area contributed by atoms with Crippen LogP contribution in [0.2, 0.25) is 0 Å². The van der Waals surface area contributed by atoms with Gasteiger partial charge in [0.05, 0.1) is 0 Å². The molecule has 1 rings (SSSR count). The molecule has 0 saturated carbocycles. The zero-order valence-corrected chi connectivity index (χ0v) is 9.26. The van der Waals surface area contributed by atoms with Crippen molar-refractivity contribution in [1.29, 1.82) is 0 Å². The third-order valence-corrected chi connectivity index (χ3v) is 2.96. The third kappa shape index (κ3) is 3.69. The van der Waals surface area contributed by atoms with Crippen molar-refractivity contribution in [2.45, 2.75) is 38.1 Å². The highest BCUT2D eigenvalue weighted by molar-refractivity contribution is 4.85. The zero-order chi connectivity index (χ0) is 10.2. The van der Waals surface area contributed by atoms with Crippen molar-refractivity contribution in [3.63, 3.8) is 0 Å². The maximum absolute atomic E-state index is 5.26. The van der Waals surface area contributed by atoms with Gasteiger partial charge in [-0.3, -0.25) is 4.90 Å². The molecular formula is C12H22N2. The van der Waals surface area contributed by atoms with E-state index in [0.29, 0.717) is 0 Å². The second-order valence-electron chi connectivity index (χ2n) is 4.05. The lowest BCUT2D eigenvalue weighted by Gasteiger charge is -2.35. The molecule has 0 amide bonds. The summed E-state index contributed by atoms with van der Waals surface area (Å²) in [6.07, 6.45) is 11.4. The second kappa shape index (κ2) is 6.86. The fourth-order valence-corrected chi connectivity index (χ4v) is 2.21. The molecule has 0 spiro atoms. The highest BCUT2D eigenvalue weighted by Gasteiger charge is 2.20. The van der Waals surface area contributed by atoms with Gasteiger partial charge in [0.25, 0.3) is 0 Å². The van der Waals surface area contributed by atoms with Gasteiger partial charge in [0.2, 0.25) is 0 Å². The van der Waals surface area contributed by atoms with Crippen LogP contribution in [0, 0.1) is 12.3 Å². The number of hydrogen-bond acceptors (Lipinski definition) is 2. The summed E-state index contributed by atoms with van der Waals surface area (Å²) in [6, 6.07) is 0.742. The van der Waals surface area contributed by atoms with Crippen LogP contribution >= 0.6 is 0 Å². The molecule has 1 unspecified atom stereocenters. The zero-order valence-electron chi connectivity index (χ0n) is 9.26. The van der Waals surface area contributed by atoms with Crippen LogP contribution in [0.1, 0.15) is 32.1 Å². The molecule has 14 heavy (non-hydrogen) atoms. The van der Waals surface area contributed by atoms with E-state index in [2.05, 4.69) is 16.1 Å². The molecule has 2 nitrogen and oxygen atoms in total. The molecule has 0 aromatic carbocycles. The average molecular weight is 194 g/mol. The molecule has 1 aliphatic heterocycles. The number of likely N-dealkylation sites (tertiary alicyclic amines) is 1. The van der Waals surface area contributed by atoms with Crippen LogP contribution in [0.4, 0.5) is 0 Å². The average Bonchev–Trinajstić information content (AvgIpc) is 2.21. The van der Waals surface area contributed by atoms with Crippen molar-refractivity contribution in [2.75, 3.05) is 26.7 Å². The fraction of sp³-hybridized carbons (Fsp3) is 0.833. The predicted molar refractivity (Wildman–Crippen MR) is 61.2 cm³/mol. The van der Waals surface area contributed by atoms with E-state index in [1.54, 1.807) is 0 Å². The number of nitrogens with one attached hydrogen (secondary N) is 1. The maximum atomic E-state index is 5.26. The Morgan fingerprint density at radius 3 is 3.07 bits per heavy atom. The molecule has 1 fully saturated rings. The summed E-state index contributed by atoms with van der Waals surface area (Å²) in [4.78, 5) is 2.59. The van der Waals surface area contributed by atoms with Gasteiger partial charge in [0, 0.05) is 19.0 Å². The van der Waals surface area contributed by atoms with Gasteiger partial charge < -0.3 is 5.32 Å². The molecule has 0 aromatic heterocycles. The predicted octanol–water partition coefficient (Wildman–Crippen LogP) is 1.47. The lowest BCUT2D eigenvalue weighted by molar-refractivity contribution is 0.146. The second-order valence-corrected chi connectivity index (χ2v) is 4.05. The molecular weight excluding hydrogens is 172 g/mol. The number of nitrogens with zero attached hydrogens (tertiary/aromatic N) is 1. The Balaban J connectivity index is 2.27. The molecule has 1 atom stereocenters. The Hall–Kier alpha value is -0.520. The van der Waals surface area contributed by atoms with E-state index in [0.717, 1.165) is 25.4 Å². The summed E-state index contributed by atoms with van der Waals surface area (Å²) in [7, 11) is 2.04. The minimum absolute atomic E-state index is 0.742. The van der Waals surface area contributed by atoms with E-state index in [1.165, 1.54) is 32.4 Å². The first kappa shape index (κ1) is 11.6. The van der Waals surface area contributed by atoms with E-state index in [1.807, 2.05) is 7.05 Å². The highest BCUT2D eigenvalue weighted by atomic mass is 15.2. The van der Waals surface area contributed by atoms with E-state index in [9.17, 15) is 0 Å². The summed E-state index contributed by atoms with van der Waals surface area (Å²) in [5, 5.41) is 3.28. The molecule has 0 radical (unpaired) electrons. The molecule has 1 saturated heterocycles. The van der Waals surface area contributed by atoms with Crippen molar-refractivity contribution in [3.05, 3.63) is 0 Å². The fourth-order valence-electron chi connectivity index (χ4n) is 2.21. The molecule has 1 aliphatic rings. The number of piperidine rings is 1. The van der Waals surface area contributed by atoms with Gasteiger partial charge in [0.15, 0.2) is 0 Å². The molecule has 80 valence electrons. The highest BCUT2D eigenvalue weighted by Crippen LogP contribution is 2.16. The molecule has 1 heterocycles. The summed E-state index contributed by atoms with van der Waals surface area (Å²) in [5.74, 6) is 2.71.